The van der Waals surface area contributed by atoms with Gasteiger partial charge in [-0.1, -0.05) is 24.1 Å². The molecule has 1 fully saturated rings. The van der Waals surface area contributed by atoms with Crippen LogP contribution in [0, 0.1) is 11.3 Å². The van der Waals surface area contributed by atoms with Crippen molar-refractivity contribution >= 4 is 17.3 Å². The Bertz CT molecular complexity index is 419. The Kier molecular flexibility index (Phi) is 4.24. The molecule has 0 bridgehead atoms. The van der Waals surface area contributed by atoms with Crippen molar-refractivity contribution < 1.29 is 0 Å². The highest BCUT2D eigenvalue weighted by atomic mass is 35.5. The molecule has 4 heteroatoms. The number of rotatable bonds is 3. The van der Waals surface area contributed by atoms with Crippen LogP contribution in [0.3, 0.4) is 0 Å². The van der Waals surface area contributed by atoms with Crippen LogP contribution in [0.15, 0.2) is 18.2 Å². The van der Waals surface area contributed by atoms with Gasteiger partial charge in [0.15, 0.2) is 0 Å². The first-order chi connectivity index (χ1) is 8.31. The van der Waals surface area contributed by atoms with Gasteiger partial charge in [-0.3, -0.25) is 0 Å². The Morgan fingerprint density at radius 2 is 2.35 bits per heavy atom. The van der Waals surface area contributed by atoms with E-state index in [0.717, 1.165) is 18.8 Å². The molecule has 1 atom stereocenters. The first-order valence-electron chi connectivity index (χ1n) is 5.97. The summed E-state index contributed by atoms with van der Waals surface area (Å²) >= 11 is 5.97. The van der Waals surface area contributed by atoms with Crippen LogP contribution in [-0.2, 0) is 0 Å². The monoisotopic (exact) mass is 249 g/mol. The third kappa shape index (κ3) is 3.12. The average Bonchev–Trinajstić information content (AvgIpc) is 2.37. The number of nitrogens with zero attached hydrogens (tertiary/aromatic N) is 1. The van der Waals surface area contributed by atoms with Gasteiger partial charge in [0.2, 0.25) is 0 Å². The first-order valence-corrected chi connectivity index (χ1v) is 6.35. The smallest absolute Gasteiger partial charge is 0.103 e. The molecule has 2 rings (SSSR count). The van der Waals surface area contributed by atoms with Crippen molar-refractivity contribution in [3.63, 3.8) is 0 Å². The molecule has 0 aromatic heterocycles. The SMILES string of the molecule is N#Cc1c(Cl)cccc1NCC1CCCCN1. The second-order valence-corrected chi connectivity index (χ2v) is 4.71. The minimum atomic E-state index is 0.495. The van der Waals surface area contributed by atoms with E-state index in [1.807, 2.05) is 12.1 Å². The zero-order chi connectivity index (χ0) is 12.1. The molecule has 17 heavy (non-hydrogen) atoms. The Hall–Kier alpha value is -1.24. The quantitative estimate of drug-likeness (QED) is 0.866. The van der Waals surface area contributed by atoms with E-state index in [2.05, 4.69) is 16.7 Å². The lowest BCUT2D eigenvalue weighted by atomic mass is 10.0. The summed E-state index contributed by atoms with van der Waals surface area (Å²) in [4.78, 5) is 0. The standard InChI is InChI=1S/C13H16ClN3/c14-12-5-3-6-13(11(12)8-15)17-9-10-4-1-2-7-16-10/h3,5-6,10,16-17H,1-2,4,7,9H2. The predicted octanol–water partition coefficient (Wildman–Crippen LogP) is 2.77. The summed E-state index contributed by atoms with van der Waals surface area (Å²) in [5, 5.41) is 16.3. The topological polar surface area (TPSA) is 47.9 Å². The first kappa shape index (κ1) is 12.2. The van der Waals surface area contributed by atoms with Gasteiger partial charge < -0.3 is 10.6 Å². The van der Waals surface area contributed by atoms with Crippen molar-refractivity contribution in [2.24, 2.45) is 0 Å². The lowest BCUT2D eigenvalue weighted by Gasteiger charge is -2.24. The molecule has 3 nitrogen and oxygen atoms in total. The van der Waals surface area contributed by atoms with Gasteiger partial charge in [0, 0.05) is 12.6 Å². The summed E-state index contributed by atoms with van der Waals surface area (Å²) in [6.07, 6.45) is 3.73. The number of hydrogen-bond acceptors (Lipinski definition) is 3. The predicted molar refractivity (Wildman–Crippen MR) is 70.3 cm³/mol. The summed E-state index contributed by atoms with van der Waals surface area (Å²) in [6, 6.07) is 8.13. The fourth-order valence-corrected chi connectivity index (χ4v) is 2.33. The van der Waals surface area contributed by atoms with E-state index in [-0.39, 0.29) is 0 Å². The van der Waals surface area contributed by atoms with Crippen LogP contribution in [0.4, 0.5) is 5.69 Å². The molecule has 1 aromatic carbocycles. The summed E-state index contributed by atoms with van der Waals surface area (Å²) in [5.41, 5.74) is 1.36. The summed E-state index contributed by atoms with van der Waals surface area (Å²) in [7, 11) is 0. The number of piperidine rings is 1. The lowest BCUT2D eigenvalue weighted by molar-refractivity contribution is 0.414. The van der Waals surface area contributed by atoms with Crippen LogP contribution in [-0.4, -0.2) is 19.1 Å². The summed E-state index contributed by atoms with van der Waals surface area (Å²) < 4.78 is 0. The highest BCUT2D eigenvalue weighted by Crippen LogP contribution is 2.23. The van der Waals surface area contributed by atoms with Crippen molar-refractivity contribution in [2.45, 2.75) is 25.3 Å². The van der Waals surface area contributed by atoms with Gasteiger partial charge in [-0.2, -0.15) is 5.26 Å². The maximum atomic E-state index is 9.05. The molecule has 1 saturated heterocycles. The third-order valence-electron chi connectivity index (χ3n) is 3.08. The molecule has 0 spiro atoms. The molecule has 0 radical (unpaired) electrons. The molecular weight excluding hydrogens is 234 g/mol. The van der Waals surface area contributed by atoms with E-state index in [0.29, 0.717) is 16.6 Å². The largest absolute Gasteiger partial charge is 0.382 e. The molecule has 90 valence electrons. The molecule has 1 heterocycles. The fraction of sp³-hybridized carbons (Fsp3) is 0.462. The van der Waals surface area contributed by atoms with E-state index in [4.69, 9.17) is 16.9 Å². The van der Waals surface area contributed by atoms with E-state index >= 15 is 0 Å². The maximum Gasteiger partial charge on any atom is 0.103 e. The molecule has 1 aliphatic rings. The van der Waals surface area contributed by atoms with Crippen molar-refractivity contribution in [3.05, 3.63) is 28.8 Å². The van der Waals surface area contributed by atoms with Crippen LogP contribution in [0.25, 0.3) is 0 Å². The molecular formula is C13H16ClN3. The van der Waals surface area contributed by atoms with E-state index in [1.54, 1.807) is 6.07 Å². The van der Waals surface area contributed by atoms with E-state index in [9.17, 15) is 0 Å². The minimum absolute atomic E-state index is 0.495. The second-order valence-electron chi connectivity index (χ2n) is 4.30. The molecule has 0 saturated carbocycles. The number of hydrogen-bond donors (Lipinski definition) is 2. The molecule has 1 aromatic rings. The highest BCUT2D eigenvalue weighted by Gasteiger charge is 2.13. The molecule has 1 unspecified atom stereocenters. The molecule has 0 aliphatic carbocycles. The van der Waals surface area contributed by atoms with Crippen molar-refractivity contribution in [2.75, 3.05) is 18.4 Å². The van der Waals surface area contributed by atoms with Gasteiger partial charge in [0.1, 0.15) is 6.07 Å². The van der Waals surface area contributed by atoms with Crippen LogP contribution < -0.4 is 10.6 Å². The summed E-state index contributed by atoms with van der Waals surface area (Å²) in [5.74, 6) is 0. The maximum absolute atomic E-state index is 9.05. The lowest BCUT2D eigenvalue weighted by Crippen LogP contribution is -2.39. The van der Waals surface area contributed by atoms with Crippen LogP contribution in [0.1, 0.15) is 24.8 Å². The zero-order valence-corrected chi connectivity index (χ0v) is 10.4. The van der Waals surface area contributed by atoms with Gasteiger partial charge in [-0.25, -0.2) is 0 Å². The highest BCUT2D eigenvalue weighted by molar-refractivity contribution is 6.32. The van der Waals surface area contributed by atoms with Crippen molar-refractivity contribution in [1.29, 1.82) is 5.26 Å². The number of halogens is 1. The molecule has 0 amide bonds. The minimum Gasteiger partial charge on any atom is -0.382 e. The van der Waals surface area contributed by atoms with Crippen molar-refractivity contribution in [1.82, 2.24) is 5.32 Å². The molecule has 2 N–H and O–H groups in total. The average molecular weight is 250 g/mol. The summed E-state index contributed by atoms with van der Waals surface area (Å²) in [6.45, 7) is 1.93. The fourth-order valence-electron chi connectivity index (χ4n) is 2.12. The number of anilines is 1. The van der Waals surface area contributed by atoms with Gasteiger partial charge in [0.05, 0.1) is 16.3 Å². The van der Waals surface area contributed by atoms with Crippen LogP contribution in [0.2, 0.25) is 5.02 Å². The zero-order valence-electron chi connectivity index (χ0n) is 9.67. The Labute approximate surface area is 107 Å². The molecule has 1 aliphatic heterocycles. The van der Waals surface area contributed by atoms with Gasteiger partial charge in [0.25, 0.3) is 0 Å². The van der Waals surface area contributed by atoms with Gasteiger partial charge in [-0.15, -0.1) is 0 Å². The number of benzene rings is 1. The van der Waals surface area contributed by atoms with Crippen LogP contribution >= 0.6 is 11.6 Å². The second kappa shape index (κ2) is 5.90. The Morgan fingerprint density at radius 3 is 3.06 bits per heavy atom. The number of nitriles is 1. The van der Waals surface area contributed by atoms with Crippen LogP contribution in [0.5, 0.6) is 0 Å². The third-order valence-corrected chi connectivity index (χ3v) is 3.39. The van der Waals surface area contributed by atoms with Gasteiger partial charge in [-0.05, 0) is 31.5 Å². The Balaban J connectivity index is 1.99. The number of nitrogens with one attached hydrogen (secondary N) is 2. The van der Waals surface area contributed by atoms with Crippen molar-refractivity contribution in [3.8, 4) is 6.07 Å². The van der Waals surface area contributed by atoms with E-state index in [1.165, 1.54) is 19.3 Å². The Morgan fingerprint density at radius 1 is 1.47 bits per heavy atom. The van der Waals surface area contributed by atoms with Gasteiger partial charge >= 0.3 is 0 Å². The normalized spacial score (nSPS) is 19.6. The van der Waals surface area contributed by atoms with E-state index < -0.39 is 0 Å².